The van der Waals surface area contributed by atoms with Crippen LogP contribution in [0.4, 0.5) is 0 Å². The molecule has 0 bridgehead atoms. The van der Waals surface area contributed by atoms with Crippen LogP contribution in [0.3, 0.4) is 0 Å². The van der Waals surface area contributed by atoms with Crippen molar-refractivity contribution in [3.63, 3.8) is 0 Å². The molecule has 0 unspecified atom stereocenters. The van der Waals surface area contributed by atoms with Crippen LogP contribution < -0.4 is 5.32 Å². The van der Waals surface area contributed by atoms with Gasteiger partial charge in [0.2, 0.25) is 0 Å². The second-order valence-electron chi connectivity index (χ2n) is 5.32. The number of carbonyl (C=O) groups excluding carboxylic acids is 1. The number of nitrogens with one attached hydrogen (secondary N) is 1. The van der Waals surface area contributed by atoms with Crippen molar-refractivity contribution in [1.29, 1.82) is 0 Å². The van der Waals surface area contributed by atoms with E-state index in [4.69, 9.17) is 4.74 Å². The smallest absolute Gasteiger partial charge is 0.323 e. The van der Waals surface area contributed by atoms with Gasteiger partial charge in [-0.3, -0.25) is 4.79 Å². The van der Waals surface area contributed by atoms with Crippen molar-refractivity contribution < 1.29 is 9.53 Å². The molecule has 1 aliphatic rings. The first kappa shape index (κ1) is 14.1. The van der Waals surface area contributed by atoms with Gasteiger partial charge in [-0.05, 0) is 25.3 Å². The zero-order valence-corrected chi connectivity index (χ0v) is 11.6. The molecule has 1 aromatic carbocycles. The van der Waals surface area contributed by atoms with Crippen LogP contribution in [0.2, 0.25) is 0 Å². The Bertz CT molecular complexity index is 385. The second kappa shape index (κ2) is 7.29. The lowest BCUT2D eigenvalue weighted by molar-refractivity contribution is -0.147. The number of carbonyl (C=O) groups is 1. The van der Waals surface area contributed by atoms with Gasteiger partial charge in [0.05, 0.1) is 0 Å². The second-order valence-corrected chi connectivity index (χ2v) is 5.32. The maximum absolute atomic E-state index is 11.9. The van der Waals surface area contributed by atoms with Crippen LogP contribution in [0.1, 0.15) is 44.6 Å². The molecule has 1 N–H and O–H groups in total. The molecule has 0 amide bonds. The Labute approximate surface area is 115 Å². The molecule has 104 valence electrons. The van der Waals surface area contributed by atoms with Gasteiger partial charge in [0.25, 0.3) is 0 Å². The van der Waals surface area contributed by atoms with Crippen molar-refractivity contribution in [2.75, 3.05) is 0 Å². The van der Waals surface area contributed by atoms with Crippen molar-refractivity contribution in [1.82, 2.24) is 5.32 Å². The van der Waals surface area contributed by atoms with E-state index in [1.807, 2.05) is 37.3 Å². The van der Waals surface area contributed by atoms with Crippen molar-refractivity contribution in [2.45, 2.75) is 57.7 Å². The average molecular weight is 261 g/mol. The number of benzene rings is 1. The Morgan fingerprint density at radius 2 is 1.95 bits per heavy atom. The lowest BCUT2D eigenvalue weighted by Crippen LogP contribution is -2.43. The fourth-order valence-corrected chi connectivity index (χ4v) is 2.54. The van der Waals surface area contributed by atoms with Crippen molar-refractivity contribution in [3.8, 4) is 0 Å². The summed E-state index contributed by atoms with van der Waals surface area (Å²) in [5, 5.41) is 3.38. The molecule has 0 spiro atoms. The monoisotopic (exact) mass is 261 g/mol. The van der Waals surface area contributed by atoms with Gasteiger partial charge in [-0.25, -0.2) is 0 Å². The SMILES string of the molecule is C[C@@H](NC1CCCCC1)C(=O)OCc1ccccc1. The molecule has 3 heteroatoms. The summed E-state index contributed by atoms with van der Waals surface area (Å²) in [4.78, 5) is 11.9. The molecule has 19 heavy (non-hydrogen) atoms. The number of hydrogen-bond acceptors (Lipinski definition) is 3. The first-order valence-corrected chi connectivity index (χ1v) is 7.22. The van der Waals surface area contributed by atoms with E-state index in [2.05, 4.69) is 5.32 Å². The molecule has 0 aliphatic heterocycles. The number of ether oxygens (including phenoxy) is 1. The third kappa shape index (κ3) is 4.67. The maximum Gasteiger partial charge on any atom is 0.323 e. The van der Waals surface area contributed by atoms with E-state index in [0.717, 1.165) is 5.56 Å². The van der Waals surface area contributed by atoms with Gasteiger partial charge in [0.15, 0.2) is 0 Å². The van der Waals surface area contributed by atoms with E-state index in [-0.39, 0.29) is 12.0 Å². The molecule has 0 heterocycles. The minimum atomic E-state index is -0.216. The minimum Gasteiger partial charge on any atom is -0.460 e. The van der Waals surface area contributed by atoms with Crippen molar-refractivity contribution in [3.05, 3.63) is 35.9 Å². The quantitative estimate of drug-likeness (QED) is 0.828. The predicted molar refractivity (Wildman–Crippen MR) is 75.7 cm³/mol. The minimum absolute atomic E-state index is 0.158. The van der Waals surface area contributed by atoms with Gasteiger partial charge >= 0.3 is 5.97 Å². The van der Waals surface area contributed by atoms with Crippen LogP contribution >= 0.6 is 0 Å². The van der Waals surface area contributed by atoms with E-state index in [1.54, 1.807) is 0 Å². The first-order chi connectivity index (χ1) is 9.25. The number of hydrogen-bond donors (Lipinski definition) is 1. The lowest BCUT2D eigenvalue weighted by atomic mass is 9.95. The highest BCUT2D eigenvalue weighted by Gasteiger charge is 2.20. The molecule has 2 rings (SSSR count). The normalized spacial score (nSPS) is 17.9. The fraction of sp³-hybridized carbons (Fsp3) is 0.562. The zero-order chi connectivity index (χ0) is 13.5. The predicted octanol–water partition coefficient (Wildman–Crippen LogP) is 3.04. The van der Waals surface area contributed by atoms with Gasteiger partial charge in [0.1, 0.15) is 12.6 Å². The van der Waals surface area contributed by atoms with Crippen molar-refractivity contribution >= 4 is 5.97 Å². The Kier molecular flexibility index (Phi) is 5.40. The topological polar surface area (TPSA) is 38.3 Å². The van der Waals surface area contributed by atoms with Gasteiger partial charge in [-0.2, -0.15) is 0 Å². The van der Waals surface area contributed by atoms with Gasteiger partial charge < -0.3 is 10.1 Å². The Morgan fingerprint density at radius 3 is 2.63 bits per heavy atom. The highest BCUT2D eigenvalue weighted by atomic mass is 16.5. The van der Waals surface area contributed by atoms with Gasteiger partial charge in [-0.15, -0.1) is 0 Å². The molecule has 1 aliphatic carbocycles. The summed E-state index contributed by atoms with van der Waals surface area (Å²) in [6, 6.07) is 10.1. The molecule has 0 saturated heterocycles. The van der Waals surface area contributed by atoms with Crippen LogP contribution in [-0.4, -0.2) is 18.1 Å². The molecular formula is C16H23NO2. The average Bonchev–Trinajstić information content (AvgIpc) is 2.47. The maximum atomic E-state index is 11.9. The molecule has 1 atom stereocenters. The molecule has 0 aromatic heterocycles. The molecule has 1 saturated carbocycles. The summed E-state index contributed by atoms with van der Waals surface area (Å²) in [5.74, 6) is -0.158. The van der Waals surface area contributed by atoms with E-state index >= 15 is 0 Å². The van der Waals surface area contributed by atoms with Crippen LogP contribution in [0.25, 0.3) is 0 Å². The Hall–Kier alpha value is -1.35. The number of rotatable bonds is 5. The molecule has 3 nitrogen and oxygen atoms in total. The zero-order valence-electron chi connectivity index (χ0n) is 11.6. The summed E-state index contributed by atoms with van der Waals surface area (Å²) in [6.45, 7) is 2.25. The highest BCUT2D eigenvalue weighted by Crippen LogP contribution is 2.18. The van der Waals surface area contributed by atoms with E-state index < -0.39 is 0 Å². The molecule has 0 radical (unpaired) electrons. The Balaban J connectivity index is 1.72. The molecule has 1 aromatic rings. The number of esters is 1. The summed E-state index contributed by atoms with van der Waals surface area (Å²) < 4.78 is 5.33. The summed E-state index contributed by atoms with van der Waals surface area (Å²) >= 11 is 0. The van der Waals surface area contributed by atoms with Crippen LogP contribution in [0, 0.1) is 0 Å². The Morgan fingerprint density at radius 1 is 1.26 bits per heavy atom. The lowest BCUT2D eigenvalue weighted by Gasteiger charge is -2.25. The van der Waals surface area contributed by atoms with Crippen LogP contribution in [0.5, 0.6) is 0 Å². The first-order valence-electron chi connectivity index (χ1n) is 7.22. The molecule has 1 fully saturated rings. The van der Waals surface area contributed by atoms with E-state index in [9.17, 15) is 4.79 Å². The largest absolute Gasteiger partial charge is 0.460 e. The third-order valence-electron chi connectivity index (χ3n) is 3.67. The summed E-state index contributed by atoms with van der Waals surface area (Å²) in [5.41, 5.74) is 1.03. The van der Waals surface area contributed by atoms with E-state index in [0.29, 0.717) is 12.6 Å². The van der Waals surface area contributed by atoms with Crippen LogP contribution in [0.15, 0.2) is 30.3 Å². The summed E-state index contributed by atoms with van der Waals surface area (Å²) in [6.07, 6.45) is 6.21. The van der Waals surface area contributed by atoms with E-state index in [1.165, 1.54) is 32.1 Å². The fourth-order valence-electron chi connectivity index (χ4n) is 2.54. The third-order valence-corrected chi connectivity index (χ3v) is 3.67. The van der Waals surface area contributed by atoms with Gasteiger partial charge in [-0.1, -0.05) is 49.6 Å². The molecular weight excluding hydrogens is 238 g/mol. The summed E-state index contributed by atoms with van der Waals surface area (Å²) in [7, 11) is 0. The van der Waals surface area contributed by atoms with Crippen LogP contribution in [-0.2, 0) is 16.1 Å². The van der Waals surface area contributed by atoms with Crippen molar-refractivity contribution in [2.24, 2.45) is 0 Å². The van der Waals surface area contributed by atoms with Gasteiger partial charge in [0, 0.05) is 6.04 Å². The highest BCUT2D eigenvalue weighted by molar-refractivity contribution is 5.75. The standard InChI is InChI=1S/C16H23NO2/c1-13(17-15-10-6-3-7-11-15)16(18)19-12-14-8-4-2-5-9-14/h2,4-5,8-9,13,15,17H,3,6-7,10-12H2,1H3/t13-/m1/s1.